The zero-order valence-electron chi connectivity index (χ0n) is 13.7. The molecule has 136 valence electrons. The summed E-state index contributed by atoms with van der Waals surface area (Å²) < 4.78 is 52.2. The standard InChI is InChI=1S/C15H16FNO7S/c1-22-14(18)10-7-24-8-17(13(10)15(19)23-2)12-6-9(25(3,20)21)4-5-11(12)16/h4-6H,7-8H2,1-3H3. The van der Waals surface area contributed by atoms with E-state index < -0.39 is 27.6 Å². The second-order valence-corrected chi connectivity index (χ2v) is 7.12. The molecule has 2 rings (SSSR count). The maximum Gasteiger partial charge on any atom is 0.355 e. The first-order valence-electron chi connectivity index (χ1n) is 6.95. The van der Waals surface area contributed by atoms with Crippen molar-refractivity contribution < 1.29 is 36.6 Å². The molecule has 0 spiro atoms. The predicted octanol–water partition coefficient (Wildman–Crippen LogP) is 0.623. The van der Waals surface area contributed by atoms with E-state index >= 15 is 0 Å². The molecule has 10 heteroatoms. The summed E-state index contributed by atoms with van der Waals surface area (Å²) in [4.78, 5) is 24.9. The number of carbonyl (C=O) groups is 2. The minimum absolute atomic E-state index is 0.154. The Morgan fingerprint density at radius 1 is 1.20 bits per heavy atom. The lowest BCUT2D eigenvalue weighted by atomic mass is 10.1. The Morgan fingerprint density at radius 2 is 1.84 bits per heavy atom. The van der Waals surface area contributed by atoms with E-state index in [0.29, 0.717) is 0 Å². The summed E-state index contributed by atoms with van der Waals surface area (Å²) in [6.45, 7) is -0.518. The SMILES string of the molecule is COC(=O)C1=C(C(=O)OC)N(c2cc(S(C)(=O)=O)ccc2F)COC1. The van der Waals surface area contributed by atoms with Crippen LogP contribution in [0.4, 0.5) is 10.1 Å². The van der Waals surface area contributed by atoms with Crippen LogP contribution in [0.5, 0.6) is 0 Å². The molecule has 1 heterocycles. The van der Waals surface area contributed by atoms with Crippen LogP contribution in [-0.4, -0.2) is 54.2 Å². The molecule has 0 amide bonds. The number of benzene rings is 1. The van der Waals surface area contributed by atoms with Crippen molar-refractivity contribution in [2.75, 3.05) is 38.7 Å². The van der Waals surface area contributed by atoms with Crippen molar-refractivity contribution in [2.45, 2.75) is 4.90 Å². The number of halogens is 1. The van der Waals surface area contributed by atoms with E-state index in [1.807, 2.05) is 0 Å². The molecule has 0 aromatic heterocycles. The molecule has 0 aliphatic carbocycles. The van der Waals surface area contributed by atoms with Crippen LogP contribution < -0.4 is 4.90 Å². The maximum absolute atomic E-state index is 14.3. The van der Waals surface area contributed by atoms with Crippen molar-refractivity contribution in [3.8, 4) is 0 Å². The fourth-order valence-corrected chi connectivity index (χ4v) is 2.90. The molecule has 0 N–H and O–H groups in total. The van der Waals surface area contributed by atoms with Crippen molar-refractivity contribution in [3.63, 3.8) is 0 Å². The Hall–Kier alpha value is -2.46. The summed E-state index contributed by atoms with van der Waals surface area (Å²) in [7, 11) is -1.40. The van der Waals surface area contributed by atoms with E-state index in [2.05, 4.69) is 9.47 Å². The zero-order valence-corrected chi connectivity index (χ0v) is 14.6. The third-order valence-electron chi connectivity index (χ3n) is 3.47. The molecule has 1 aliphatic rings. The maximum atomic E-state index is 14.3. The van der Waals surface area contributed by atoms with Gasteiger partial charge in [0.15, 0.2) is 9.84 Å². The van der Waals surface area contributed by atoms with Gasteiger partial charge in [0.05, 0.1) is 37.0 Å². The van der Waals surface area contributed by atoms with Crippen LogP contribution in [0.3, 0.4) is 0 Å². The minimum Gasteiger partial charge on any atom is -0.466 e. The lowest BCUT2D eigenvalue weighted by Gasteiger charge is -2.31. The Labute approximate surface area is 143 Å². The average Bonchev–Trinajstić information content (AvgIpc) is 2.59. The Bertz CT molecular complexity index is 847. The highest BCUT2D eigenvalue weighted by Crippen LogP contribution is 2.30. The van der Waals surface area contributed by atoms with Gasteiger partial charge in [-0.05, 0) is 18.2 Å². The summed E-state index contributed by atoms with van der Waals surface area (Å²) in [6, 6.07) is 3.10. The van der Waals surface area contributed by atoms with Gasteiger partial charge in [0, 0.05) is 6.26 Å². The van der Waals surface area contributed by atoms with Crippen LogP contribution >= 0.6 is 0 Å². The second kappa shape index (κ2) is 7.19. The van der Waals surface area contributed by atoms with Crippen LogP contribution in [-0.2, 0) is 33.6 Å². The summed E-state index contributed by atoms with van der Waals surface area (Å²) in [6.07, 6.45) is 0.966. The summed E-state index contributed by atoms with van der Waals surface area (Å²) >= 11 is 0. The molecule has 0 fully saturated rings. The smallest absolute Gasteiger partial charge is 0.355 e. The minimum atomic E-state index is -3.62. The first-order valence-corrected chi connectivity index (χ1v) is 8.84. The number of hydrogen-bond donors (Lipinski definition) is 0. The number of hydrogen-bond acceptors (Lipinski definition) is 8. The molecule has 1 aromatic carbocycles. The first-order chi connectivity index (χ1) is 11.7. The number of nitrogens with zero attached hydrogens (tertiary/aromatic N) is 1. The highest BCUT2D eigenvalue weighted by atomic mass is 32.2. The zero-order chi connectivity index (χ0) is 18.8. The van der Waals surface area contributed by atoms with E-state index in [-0.39, 0.29) is 35.2 Å². The van der Waals surface area contributed by atoms with Crippen molar-refractivity contribution in [1.29, 1.82) is 0 Å². The van der Waals surface area contributed by atoms with Crippen molar-refractivity contribution in [1.82, 2.24) is 0 Å². The molecule has 0 atom stereocenters. The molecule has 0 radical (unpaired) electrons. The average molecular weight is 373 g/mol. The van der Waals surface area contributed by atoms with Crippen molar-refractivity contribution in [2.24, 2.45) is 0 Å². The lowest BCUT2D eigenvalue weighted by molar-refractivity contribution is -0.140. The largest absolute Gasteiger partial charge is 0.466 e. The normalized spacial score (nSPS) is 15.1. The molecule has 0 saturated heterocycles. The van der Waals surface area contributed by atoms with Gasteiger partial charge in [-0.25, -0.2) is 22.4 Å². The molecular formula is C15H16FNO7S. The molecule has 8 nitrogen and oxygen atoms in total. The van der Waals surface area contributed by atoms with Crippen molar-refractivity contribution in [3.05, 3.63) is 35.3 Å². The van der Waals surface area contributed by atoms with E-state index in [9.17, 15) is 22.4 Å². The molecule has 0 unspecified atom stereocenters. The van der Waals surface area contributed by atoms with Gasteiger partial charge in [0.2, 0.25) is 0 Å². The van der Waals surface area contributed by atoms with Gasteiger partial charge in [-0.15, -0.1) is 0 Å². The quantitative estimate of drug-likeness (QED) is 0.560. The fourth-order valence-electron chi connectivity index (χ4n) is 2.26. The predicted molar refractivity (Wildman–Crippen MR) is 83.9 cm³/mol. The van der Waals surface area contributed by atoms with Gasteiger partial charge < -0.3 is 19.1 Å². The highest BCUT2D eigenvalue weighted by Gasteiger charge is 2.33. The number of sulfone groups is 1. The molecule has 1 aromatic rings. The van der Waals surface area contributed by atoms with Crippen molar-refractivity contribution >= 4 is 27.5 Å². The monoisotopic (exact) mass is 373 g/mol. The number of carbonyl (C=O) groups excluding carboxylic acids is 2. The van der Waals surface area contributed by atoms with Crippen LogP contribution in [0.25, 0.3) is 0 Å². The summed E-state index contributed by atoms with van der Waals surface area (Å²) in [5.74, 6) is -2.55. The number of anilines is 1. The highest BCUT2D eigenvalue weighted by molar-refractivity contribution is 7.90. The van der Waals surface area contributed by atoms with E-state index in [1.165, 1.54) is 0 Å². The molecular weight excluding hydrogens is 357 g/mol. The van der Waals surface area contributed by atoms with E-state index in [4.69, 9.17) is 4.74 Å². The number of rotatable bonds is 4. The van der Waals surface area contributed by atoms with Crippen LogP contribution in [0, 0.1) is 5.82 Å². The number of esters is 2. The number of ether oxygens (including phenoxy) is 3. The molecule has 1 aliphatic heterocycles. The van der Waals surface area contributed by atoms with E-state index in [1.54, 1.807) is 0 Å². The molecule has 0 bridgehead atoms. The van der Waals surface area contributed by atoms with Gasteiger partial charge in [-0.2, -0.15) is 0 Å². The Kier molecular flexibility index (Phi) is 5.43. The van der Waals surface area contributed by atoms with Crippen LogP contribution in [0.1, 0.15) is 0 Å². The molecule has 0 saturated carbocycles. The lowest BCUT2D eigenvalue weighted by Crippen LogP contribution is -2.39. The third kappa shape index (κ3) is 3.80. The Balaban J connectivity index is 2.67. The van der Waals surface area contributed by atoms with Crippen LogP contribution in [0.15, 0.2) is 34.4 Å². The van der Waals surface area contributed by atoms with Crippen LogP contribution in [0.2, 0.25) is 0 Å². The van der Waals surface area contributed by atoms with Gasteiger partial charge in [0.1, 0.15) is 18.2 Å². The number of methoxy groups -OCH3 is 2. The van der Waals surface area contributed by atoms with Gasteiger partial charge in [-0.3, -0.25) is 0 Å². The Morgan fingerprint density at radius 3 is 2.40 bits per heavy atom. The topological polar surface area (TPSA) is 99.2 Å². The van der Waals surface area contributed by atoms with Gasteiger partial charge >= 0.3 is 11.9 Å². The second-order valence-electron chi connectivity index (χ2n) is 5.10. The van der Waals surface area contributed by atoms with Gasteiger partial charge in [-0.1, -0.05) is 0 Å². The third-order valence-corrected chi connectivity index (χ3v) is 4.58. The summed E-state index contributed by atoms with van der Waals surface area (Å²) in [5.41, 5.74) is -0.681. The first kappa shape index (κ1) is 18.9. The molecule has 25 heavy (non-hydrogen) atoms. The van der Waals surface area contributed by atoms with Gasteiger partial charge in [0.25, 0.3) is 0 Å². The van der Waals surface area contributed by atoms with E-state index in [0.717, 1.165) is 43.6 Å². The summed E-state index contributed by atoms with van der Waals surface area (Å²) in [5, 5.41) is 0. The fraction of sp³-hybridized carbons (Fsp3) is 0.333.